The van der Waals surface area contributed by atoms with E-state index in [1.807, 2.05) is 13.1 Å². The van der Waals surface area contributed by atoms with Crippen LogP contribution in [0.4, 0.5) is 0 Å². The molecule has 0 aliphatic carbocycles. The minimum Gasteiger partial charge on any atom is -0.416 e. The minimum atomic E-state index is -3.71. The van der Waals surface area contributed by atoms with Crippen molar-refractivity contribution >= 4 is 34.2 Å². The Hall–Kier alpha value is 0.708. The highest BCUT2D eigenvalue weighted by Crippen LogP contribution is 2.30. The first-order valence-electron chi connectivity index (χ1n) is 7.44. The van der Waals surface area contributed by atoms with E-state index in [0.29, 0.717) is 0 Å². The summed E-state index contributed by atoms with van der Waals surface area (Å²) >= 11 is 0. The molecule has 0 atom stereocenters. The monoisotopic (exact) mass is 300 g/mol. The first kappa shape index (κ1) is 9.61. The van der Waals surface area contributed by atoms with Crippen LogP contribution in [-0.4, -0.2) is 34.2 Å². The summed E-state index contributed by atoms with van der Waals surface area (Å²) in [6.07, 6.45) is 0. The zero-order chi connectivity index (χ0) is 16.0. The van der Waals surface area contributed by atoms with Gasteiger partial charge in [0.05, 0.1) is 0 Å². The molecule has 0 radical (unpaired) electrons. The normalized spacial score (nSPS) is 35.9. The third-order valence-corrected chi connectivity index (χ3v) is 16.2. The Kier molecular flexibility index (Phi) is 2.48. The summed E-state index contributed by atoms with van der Waals surface area (Å²) < 4.78 is 54.9. The summed E-state index contributed by atoms with van der Waals surface area (Å²) in [6.45, 7) is 8.16. The highest BCUT2D eigenvalue weighted by atomic mass is 28.5. The predicted molar refractivity (Wildman–Crippen MR) is 74.3 cm³/mol. The van der Waals surface area contributed by atoms with E-state index in [9.17, 15) is 0 Å². The lowest BCUT2D eigenvalue weighted by Crippen LogP contribution is -2.64. The van der Waals surface area contributed by atoms with Gasteiger partial charge in [0.15, 0.2) is 0 Å². The lowest BCUT2D eigenvalue weighted by atomic mass is 11.9. The first-order valence-corrected chi connectivity index (χ1v) is 15.7. The van der Waals surface area contributed by atoms with Crippen molar-refractivity contribution in [1.82, 2.24) is 0 Å². The Morgan fingerprint density at radius 3 is 1.19 bits per heavy atom. The van der Waals surface area contributed by atoms with E-state index >= 15 is 0 Å². The molecule has 1 aliphatic rings. The van der Waals surface area contributed by atoms with E-state index in [4.69, 9.17) is 21.9 Å². The van der Waals surface area contributed by atoms with Crippen LogP contribution in [0.15, 0.2) is 0 Å². The molecule has 8 heteroatoms. The van der Waals surface area contributed by atoms with Crippen molar-refractivity contribution in [2.24, 2.45) is 0 Å². The maximum absolute atomic E-state index is 7.76. The van der Waals surface area contributed by atoms with Gasteiger partial charge in [-0.1, -0.05) is 0 Å². The molecule has 4 nitrogen and oxygen atoms in total. The van der Waals surface area contributed by atoms with Gasteiger partial charge in [0.2, 0.25) is 0 Å². The second-order valence-electron chi connectivity index (χ2n) is 5.36. The van der Waals surface area contributed by atoms with Gasteiger partial charge in [0.1, 0.15) is 0 Å². The smallest absolute Gasteiger partial charge is 0.314 e. The molecule has 1 saturated heterocycles. The largest absolute Gasteiger partial charge is 0.416 e. The maximum atomic E-state index is 7.76. The number of rotatable bonds is 0. The molecular formula is C8H24O4Si4. The fourth-order valence-corrected chi connectivity index (χ4v) is 20.1. The second-order valence-corrected chi connectivity index (χ2v) is 18.5. The Labute approximate surface area is 109 Å². The third-order valence-electron chi connectivity index (χ3n) is 1.80. The van der Waals surface area contributed by atoms with E-state index < -0.39 is 40.7 Å². The Balaban J connectivity index is 3.28. The Morgan fingerprint density at radius 1 is 0.625 bits per heavy atom. The molecule has 16 heavy (non-hydrogen) atoms. The van der Waals surface area contributed by atoms with Gasteiger partial charge < -0.3 is 16.5 Å². The fraction of sp³-hybridized carbons (Fsp3) is 1.00. The molecule has 0 unspecified atom stereocenters. The Bertz CT molecular complexity index is 352. The zero-order valence-corrected chi connectivity index (χ0v) is 14.8. The number of hydrogen-bond acceptors (Lipinski definition) is 4. The van der Waals surface area contributed by atoms with E-state index in [0.717, 1.165) is 0 Å². The minimum absolute atomic E-state index is 0.384. The molecule has 1 aliphatic heterocycles. The summed E-state index contributed by atoms with van der Waals surface area (Å²) in [4.78, 5) is 0. The average molecular weight is 301 g/mol. The first-order chi connectivity index (χ1) is 8.64. The molecule has 1 heterocycles. The lowest BCUT2D eigenvalue weighted by Gasteiger charge is -2.46. The van der Waals surface area contributed by atoms with Gasteiger partial charge in [0, 0.05) is 5.48 Å². The maximum Gasteiger partial charge on any atom is 0.314 e. The highest BCUT2D eigenvalue weighted by molar-refractivity contribution is 6.92. The van der Waals surface area contributed by atoms with E-state index in [1.165, 1.54) is 0 Å². The van der Waals surface area contributed by atoms with E-state index in [-0.39, 0.29) is 6.52 Å². The van der Waals surface area contributed by atoms with Crippen LogP contribution in [0.5, 0.6) is 0 Å². The van der Waals surface area contributed by atoms with Crippen molar-refractivity contribution in [3.63, 3.8) is 0 Å². The predicted octanol–water partition coefficient (Wildman–Crippen LogP) is 2.87. The lowest BCUT2D eigenvalue weighted by molar-refractivity contribution is 0.238. The molecule has 1 fully saturated rings. The van der Waals surface area contributed by atoms with Gasteiger partial charge in [-0.3, -0.25) is 0 Å². The number of hydrogen-bond donors (Lipinski definition) is 0. The Morgan fingerprint density at radius 2 is 0.938 bits per heavy atom. The topological polar surface area (TPSA) is 36.9 Å². The molecule has 0 bridgehead atoms. The van der Waals surface area contributed by atoms with Crippen molar-refractivity contribution in [1.29, 1.82) is 0 Å². The van der Waals surface area contributed by atoms with Gasteiger partial charge >= 0.3 is 34.2 Å². The van der Waals surface area contributed by atoms with Crippen LogP contribution in [0.3, 0.4) is 0 Å². The summed E-state index contributed by atoms with van der Waals surface area (Å²) in [5, 5.41) is 0. The highest BCUT2D eigenvalue weighted by Gasteiger charge is 2.50. The molecular weight excluding hydrogens is 272 g/mol. The molecule has 0 aromatic carbocycles. The van der Waals surface area contributed by atoms with Crippen LogP contribution in [-0.2, 0) is 16.5 Å². The van der Waals surface area contributed by atoms with Crippen LogP contribution in [0.1, 0.15) is 5.48 Å². The van der Waals surface area contributed by atoms with Crippen molar-refractivity contribution in [3.05, 3.63) is 0 Å². The zero-order valence-electron chi connectivity index (χ0n) is 14.8. The molecule has 0 saturated carbocycles. The van der Waals surface area contributed by atoms with Gasteiger partial charge in [-0.05, 0) is 52.3 Å². The molecule has 96 valence electrons. The van der Waals surface area contributed by atoms with Crippen LogP contribution < -0.4 is 0 Å². The van der Waals surface area contributed by atoms with Crippen molar-refractivity contribution in [2.75, 3.05) is 0 Å². The fourth-order valence-electron chi connectivity index (χ4n) is 2.06. The average Bonchev–Trinajstić information content (AvgIpc) is 2.07. The van der Waals surface area contributed by atoms with Crippen LogP contribution in [0.2, 0.25) is 52.3 Å². The quantitative estimate of drug-likeness (QED) is 0.645. The van der Waals surface area contributed by atoms with E-state index in [2.05, 4.69) is 0 Å². The SMILES string of the molecule is [2H]C[Si]1(C([2H])([2H])[2H])O[Si](C)(C)O[Si](C)(C)O[Si](C)(C)O1. The molecule has 1 rings (SSSR count). The van der Waals surface area contributed by atoms with Crippen LogP contribution in [0.25, 0.3) is 0 Å². The molecule has 0 aromatic heterocycles. The molecule has 0 amide bonds. The van der Waals surface area contributed by atoms with E-state index in [1.54, 1.807) is 26.2 Å². The molecule has 0 spiro atoms. The van der Waals surface area contributed by atoms with Crippen LogP contribution >= 0.6 is 0 Å². The van der Waals surface area contributed by atoms with Gasteiger partial charge in [0.25, 0.3) is 0 Å². The summed E-state index contributed by atoms with van der Waals surface area (Å²) in [6, 6.07) is 0. The van der Waals surface area contributed by atoms with Crippen molar-refractivity contribution in [2.45, 2.75) is 52.3 Å². The summed E-state index contributed by atoms with van der Waals surface area (Å²) in [5.74, 6) is 0. The third kappa shape index (κ3) is 4.53. The summed E-state index contributed by atoms with van der Waals surface area (Å²) in [7, 11) is -11.6. The van der Waals surface area contributed by atoms with Crippen molar-refractivity contribution in [3.8, 4) is 0 Å². The van der Waals surface area contributed by atoms with Gasteiger partial charge in [-0.25, -0.2) is 0 Å². The van der Waals surface area contributed by atoms with Gasteiger partial charge in [-0.2, -0.15) is 0 Å². The summed E-state index contributed by atoms with van der Waals surface area (Å²) in [5.41, 5.74) is 0. The van der Waals surface area contributed by atoms with Gasteiger partial charge in [-0.15, -0.1) is 0 Å². The van der Waals surface area contributed by atoms with Crippen molar-refractivity contribution < 1.29 is 21.9 Å². The standard InChI is InChI=1S/C8H24O4Si4/c1-13(2)9-14(3,4)11-16(7,8)12-15(5,6)10-13/h1-8H3/i1D,2D3. The molecule has 0 aromatic rings. The second kappa shape index (κ2) is 4.12. The molecule has 0 N–H and O–H groups in total. The van der Waals surface area contributed by atoms with Crippen LogP contribution in [0, 0.1) is 0 Å².